The number of halogens is 2. The van der Waals surface area contributed by atoms with Gasteiger partial charge in [0.25, 0.3) is 0 Å². The van der Waals surface area contributed by atoms with Crippen molar-refractivity contribution in [1.82, 2.24) is 25.9 Å². The van der Waals surface area contributed by atoms with E-state index in [-0.39, 0.29) is 55.5 Å². The number of amides is 3. The maximum absolute atomic E-state index is 12.5. The number of hydrogen-bond acceptors (Lipinski definition) is 7. The van der Waals surface area contributed by atoms with Crippen molar-refractivity contribution in [3.63, 3.8) is 0 Å². The molecule has 0 aromatic carbocycles. The summed E-state index contributed by atoms with van der Waals surface area (Å²) in [7, 11) is 0. The van der Waals surface area contributed by atoms with E-state index in [0.29, 0.717) is 52.4 Å². The molecule has 0 aliphatic carbocycles. The van der Waals surface area contributed by atoms with Crippen LogP contribution in [0, 0.1) is 0 Å². The smallest absolute Gasteiger partial charge is 0.243 e. The molecule has 0 radical (unpaired) electrons. The summed E-state index contributed by atoms with van der Waals surface area (Å²) in [6.07, 6.45) is 15.3. The van der Waals surface area contributed by atoms with Crippen LogP contribution in [-0.2, 0) is 30.3 Å². The van der Waals surface area contributed by atoms with Crippen LogP contribution in [0.5, 0.6) is 0 Å². The number of carbonyl (C=O) groups excluding carboxylic acids is 3. The number of carbonyl (C=O) groups is 3. The van der Waals surface area contributed by atoms with Crippen LogP contribution in [0.1, 0.15) is 83.2 Å². The molecule has 0 saturated heterocycles. The highest BCUT2D eigenvalue weighted by Crippen LogP contribution is 2.10. The van der Waals surface area contributed by atoms with Gasteiger partial charge in [-0.2, -0.15) is 0 Å². The Kier molecular flexibility index (Phi) is 28.8. The van der Waals surface area contributed by atoms with E-state index in [1.54, 1.807) is 6.20 Å². The number of nitrogens with two attached hydrogens (primary N) is 1. The molecule has 3 amide bonds. The Labute approximate surface area is 252 Å². The highest BCUT2D eigenvalue weighted by molar-refractivity contribution is 5.87. The summed E-state index contributed by atoms with van der Waals surface area (Å²) in [5.74, 6) is -0.503. The van der Waals surface area contributed by atoms with Crippen LogP contribution in [0.15, 0.2) is 12.5 Å². The maximum Gasteiger partial charge on any atom is 0.243 e. The number of hydrogen-bond donors (Lipinski definition) is 5. The fourth-order valence-electron chi connectivity index (χ4n) is 3.86. The molecule has 1 aromatic heterocycles. The van der Waals surface area contributed by atoms with Crippen molar-refractivity contribution in [2.75, 3.05) is 46.1 Å². The highest BCUT2D eigenvalue weighted by atomic mass is 35.5. The molecule has 0 fully saturated rings. The molecule has 13 heteroatoms. The lowest BCUT2D eigenvalue weighted by Crippen LogP contribution is -2.49. The number of aromatic amines is 1. The van der Waals surface area contributed by atoms with Gasteiger partial charge in [-0.05, 0) is 6.42 Å². The van der Waals surface area contributed by atoms with Crippen LogP contribution in [0.2, 0.25) is 0 Å². The van der Waals surface area contributed by atoms with E-state index in [1.165, 1.54) is 51.3 Å². The minimum absolute atomic E-state index is 0. The van der Waals surface area contributed by atoms with Gasteiger partial charge >= 0.3 is 0 Å². The zero-order chi connectivity index (χ0) is 27.7. The lowest BCUT2D eigenvalue weighted by molar-refractivity contribution is -0.129. The molecular weight excluding hydrogens is 559 g/mol. The molecule has 0 saturated carbocycles. The zero-order valence-electron chi connectivity index (χ0n) is 24.0. The minimum Gasteiger partial charge on any atom is -0.377 e. The summed E-state index contributed by atoms with van der Waals surface area (Å²) < 4.78 is 11.0. The predicted molar refractivity (Wildman–Crippen MR) is 162 cm³/mol. The highest BCUT2D eigenvalue weighted by Gasteiger charge is 2.21. The molecule has 1 heterocycles. The molecule has 0 spiro atoms. The molecule has 1 aromatic rings. The molecule has 1 atom stereocenters. The Morgan fingerprint density at radius 2 is 1.45 bits per heavy atom. The molecule has 0 bridgehead atoms. The number of H-pyrrole nitrogens is 1. The fraction of sp³-hybridized carbons (Fsp3) is 0.778. The number of imidazole rings is 1. The topological polar surface area (TPSA) is 160 Å². The number of ether oxygens (including phenoxy) is 2. The maximum atomic E-state index is 12.5. The molecule has 0 aliphatic rings. The fourth-order valence-corrected chi connectivity index (χ4v) is 3.86. The average Bonchev–Trinajstić information content (AvgIpc) is 3.41. The molecule has 40 heavy (non-hydrogen) atoms. The standard InChI is InChI=1S/C27H50N6O5.2ClH/c1-2-3-4-5-6-7-8-9-10-11-25(34)30-14-16-37-18-19-38-17-15-31-27(36)24(33-26(35)12-13-28)20-23-21-29-22-32-23;;/h21-22,24H,2-20,28H2,1H3,(H,29,32)(H,30,34)(H,31,36)(H,33,35);2*1H/t24-;;/m0../s1. The van der Waals surface area contributed by atoms with Crippen molar-refractivity contribution >= 4 is 42.5 Å². The summed E-state index contributed by atoms with van der Waals surface area (Å²) in [5.41, 5.74) is 6.16. The first-order valence-electron chi connectivity index (χ1n) is 14.2. The van der Waals surface area contributed by atoms with E-state index in [9.17, 15) is 14.4 Å². The van der Waals surface area contributed by atoms with E-state index in [2.05, 4.69) is 32.8 Å². The van der Waals surface area contributed by atoms with Gasteiger partial charge in [-0.25, -0.2) is 4.98 Å². The number of nitrogens with zero attached hydrogens (tertiary/aromatic N) is 1. The van der Waals surface area contributed by atoms with Crippen molar-refractivity contribution in [3.05, 3.63) is 18.2 Å². The van der Waals surface area contributed by atoms with E-state index < -0.39 is 6.04 Å². The molecule has 234 valence electrons. The van der Waals surface area contributed by atoms with E-state index in [1.807, 2.05) is 0 Å². The Morgan fingerprint density at radius 1 is 0.850 bits per heavy atom. The van der Waals surface area contributed by atoms with Gasteiger partial charge in [0, 0.05) is 50.8 Å². The van der Waals surface area contributed by atoms with Gasteiger partial charge in [0.1, 0.15) is 6.04 Å². The Morgan fingerprint density at radius 3 is 2.02 bits per heavy atom. The van der Waals surface area contributed by atoms with Crippen LogP contribution in [-0.4, -0.2) is 79.8 Å². The third-order valence-electron chi connectivity index (χ3n) is 6.00. The lowest BCUT2D eigenvalue weighted by Gasteiger charge is -2.18. The first kappa shape index (κ1) is 40.2. The van der Waals surface area contributed by atoms with Crippen LogP contribution in [0.3, 0.4) is 0 Å². The van der Waals surface area contributed by atoms with E-state index in [0.717, 1.165) is 18.5 Å². The molecule has 0 unspecified atom stereocenters. The third kappa shape index (κ3) is 22.9. The van der Waals surface area contributed by atoms with Gasteiger partial charge in [0.05, 0.1) is 32.8 Å². The average molecular weight is 612 g/mol. The van der Waals surface area contributed by atoms with Crippen LogP contribution >= 0.6 is 24.8 Å². The van der Waals surface area contributed by atoms with Crippen molar-refractivity contribution in [2.45, 2.75) is 90.0 Å². The summed E-state index contributed by atoms with van der Waals surface area (Å²) in [4.78, 5) is 43.2. The van der Waals surface area contributed by atoms with Crippen molar-refractivity contribution in [2.24, 2.45) is 5.73 Å². The number of unbranched alkanes of at least 4 members (excludes halogenated alkanes) is 8. The van der Waals surface area contributed by atoms with Gasteiger partial charge < -0.3 is 36.1 Å². The first-order valence-corrected chi connectivity index (χ1v) is 14.2. The van der Waals surface area contributed by atoms with Gasteiger partial charge in [-0.1, -0.05) is 58.3 Å². The van der Waals surface area contributed by atoms with Gasteiger partial charge in [-0.3, -0.25) is 14.4 Å². The molecular formula is C27H52Cl2N6O5. The van der Waals surface area contributed by atoms with Gasteiger partial charge in [0.15, 0.2) is 0 Å². The van der Waals surface area contributed by atoms with Crippen LogP contribution in [0.4, 0.5) is 0 Å². The van der Waals surface area contributed by atoms with Crippen molar-refractivity contribution in [3.8, 4) is 0 Å². The molecule has 1 rings (SSSR count). The largest absolute Gasteiger partial charge is 0.377 e. The Bertz CT molecular complexity index is 743. The first-order chi connectivity index (χ1) is 18.6. The van der Waals surface area contributed by atoms with Crippen LogP contribution in [0.25, 0.3) is 0 Å². The van der Waals surface area contributed by atoms with Crippen molar-refractivity contribution < 1.29 is 23.9 Å². The molecule has 0 aliphatic heterocycles. The summed E-state index contributed by atoms with van der Waals surface area (Å²) in [6, 6.07) is -0.728. The zero-order valence-corrected chi connectivity index (χ0v) is 25.7. The number of rotatable bonds is 25. The second kappa shape index (κ2) is 28.6. The Hall–Kier alpha value is -1.92. The second-order valence-electron chi connectivity index (χ2n) is 9.38. The number of nitrogens with one attached hydrogen (secondary N) is 4. The monoisotopic (exact) mass is 610 g/mol. The number of aromatic nitrogens is 2. The second-order valence-corrected chi connectivity index (χ2v) is 9.38. The lowest BCUT2D eigenvalue weighted by atomic mass is 10.1. The Balaban J connectivity index is 0. The molecule has 11 nitrogen and oxygen atoms in total. The predicted octanol–water partition coefficient (Wildman–Crippen LogP) is 2.82. The SMILES string of the molecule is CCCCCCCCCCCC(=O)NCCOCCOCCNC(=O)[C@H](Cc1cnc[nH]1)NC(=O)CCN.Cl.Cl. The van der Waals surface area contributed by atoms with Gasteiger partial charge in [0.2, 0.25) is 17.7 Å². The third-order valence-corrected chi connectivity index (χ3v) is 6.00. The quantitative estimate of drug-likeness (QED) is 0.106. The van der Waals surface area contributed by atoms with Crippen LogP contribution < -0.4 is 21.7 Å². The van der Waals surface area contributed by atoms with E-state index in [4.69, 9.17) is 15.2 Å². The summed E-state index contributed by atoms with van der Waals surface area (Å²) in [5, 5.41) is 8.36. The normalized spacial score (nSPS) is 11.2. The molecule has 6 N–H and O–H groups in total. The van der Waals surface area contributed by atoms with Crippen molar-refractivity contribution in [1.29, 1.82) is 0 Å². The van der Waals surface area contributed by atoms with Gasteiger partial charge in [-0.15, -0.1) is 24.8 Å². The summed E-state index contributed by atoms with van der Waals surface area (Å²) >= 11 is 0. The van der Waals surface area contributed by atoms with E-state index >= 15 is 0 Å². The minimum atomic E-state index is -0.728. The summed E-state index contributed by atoms with van der Waals surface area (Å²) in [6.45, 7) is 4.77.